The van der Waals surface area contributed by atoms with Gasteiger partial charge < -0.3 is 10.1 Å². The second-order valence-electron chi connectivity index (χ2n) is 6.99. The summed E-state index contributed by atoms with van der Waals surface area (Å²) in [7, 11) is -4.02. The predicted octanol–water partition coefficient (Wildman–Crippen LogP) is 5.14. The number of carbonyl (C=O) groups is 1. The highest BCUT2D eigenvalue weighted by atomic mass is 35.5. The topological polar surface area (TPSA) is 75.7 Å². The number of amides is 1. The van der Waals surface area contributed by atoms with E-state index in [9.17, 15) is 13.2 Å². The van der Waals surface area contributed by atoms with Gasteiger partial charge in [-0.3, -0.25) is 9.10 Å². The van der Waals surface area contributed by atoms with E-state index >= 15 is 0 Å². The minimum atomic E-state index is -4.02. The Morgan fingerprint density at radius 1 is 0.938 bits per heavy atom. The molecule has 1 N–H and O–H groups in total. The predicted molar refractivity (Wildman–Crippen MR) is 128 cm³/mol. The lowest BCUT2D eigenvalue weighted by Crippen LogP contribution is -2.38. The number of sulfonamides is 1. The van der Waals surface area contributed by atoms with Gasteiger partial charge in [0.25, 0.3) is 10.0 Å². The molecule has 0 saturated heterocycles. The molecule has 0 unspecified atom stereocenters. The number of nitrogens with zero attached hydrogens (tertiary/aromatic N) is 1. The molecule has 6 nitrogen and oxygen atoms in total. The van der Waals surface area contributed by atoms with Crippen molar-refractivity contribution in [3.05, 3.63) is 83.4 Å². The molecule has 3 rings (SSSR count). The molecule has 0 aromatic heterocycles. The minimum Gasteiger partial charge on any atom is -0.494 e. The van der Waals surface area contributed by atoms with E-state index in [-0.39, 0.29) is 4.90 Å². The van der Waals surface area contributed by atoms with Crippen LogP contribution in [0.1, 0.15) is 19.4 Å². The lowest BCUT2D eigenvalue weighted by molar-refractivity contribution is -0.114. The summed E-state index contributed by atoms with van der Waals surface area (Å²) >= 11 is 5.92. The van der Waals surface area contributed by atoms with E-state index in [1.54, 1.807) is 36.4 Å². The highest BCUT2D eigenvalue weighted by Crippen LogP contribution is 2.27. The number of aryl methyl sites for hydroxylation is 1. The quantitative estimate of drug-likeness (QED) is 0.468. The third-order valence-corrected chi connectivity index (χ3v) is 6.81. The van der Waals surface area contributed by atoms with E-state index in [2.05, 4.69) is 5.32 Å². The van der Waals surface area contributed by atoms with Crippen LogP contribution in [0.25, 0.3) is 0 Å². The van der Waals surface area contributed by atoms with Crippen molar-refractivity contribution in [1.82, 2.24) is 0 Å². The highest BCUT2D eigenvalue weighted by molar-refractivity contribution is 7.92. The summed E-state index contributed by atoms with van der Waals surface area (Å²) in [6.07, 6.45) is 0.888. The summed E-state index contributed by atoms with van der Waals surface area (Å²) in [5, 5.41) is 3.19. The number of benzene rings is 3. The molecule has 0 bridgehead atoms. The Morgan fingerprint density at radius 3 is 2.12 bits per heavy atom. The number of halogens is 1. The molecule has 3 aromatic rings. The molecule has 0 saturated carbocycles. The Bertz CT molecular complexity index is 1150. The zero-order valence-corrected chi connectivity index (χ0v) is 19.5. The zero-order chi connectivity index (χ0) is 23.1. The summed E-state index contributed by atoms with van der Waals surface area (Å²) in [6.45, 7) is 4.01. The van der Waals surface area contributed by atoms with Crippen LogP contribution in [-0.4, -0.2) is 27.5 Å². The Labute approximate surface area is 193 Å². The van der Waals surface area contributed by atoms with Crippen LogP contribution in [0.5, 0.6) is 5.75 Å². The number of rotatable bonds is 9. The van der Waals surface area contributed by atoms with Crippen LogP contribution in [0.3, 0.4) is 0 Å². The summed E-state index contributed by atoms with van der Waals surface area (Å²) in [5.41, 5.74) is 2.09. The fraction of sp³-hybridized carbons (Fsp3) is 0.208. The van der Waals surface area contributed by atoms with Crippen molar-refractivity contribution in [1.29, 1.82) is 0 Å². The smallest absolute Gasteiger partial charge is 0.264 e. The maximum Gasteiger partial charge on any atom is 0.264 e. The zero-order valence-electron chi connectivity index (χ0n) is 17.9. The van der Waals surface area contributed by atoms with Gasteiger partial charge in [0.15, 0.2) is 0 Å². The first kappa shape index (κ1) is 23.6. The summed E-state index contributed by atoms with van der Waals surface area (Å²) < 4.78 is 33.3. The fourth-order valence-corrected chi connectivity index (χ4v) is 4.63. The van der Waals surface area contributed by atoms with Crippen molar-refractivity contribution in [2.24, 2.45) is 0 Å². The molecular weight excluding hydrogens is 448 g/mol. The maximum atomic E-state index is 13.4. The monoisotopic (exact) mass is 472 g/mol. The van der Waals surface area contributed by atoms with Gasteiger partial charge >= 0.3 is 0 Å². The molecular formula is C24H25ClN2O4S. The lowest BCUT2D eigenvalue weighted by Gasteiger charge is -2.24. The van der Waals surface area contributed by atoms with Crippen molar-refractivity contribution >= 4 is 38.9 Å². The van der Waals surface area contributed by atoms with Gasteiger partial charge in [0.05, 0.1) is 17.2 Å². The molecule has 8 heteroatoms. The molecule has 0 heterocycles. The number of anilines is 2. The van der Waals surface area contributed by atoms with Crippen LogP contribution in [-0.2, 0) is 21.2 Å². The molecule has 32 heavy (non-hydrogen) atoms. The number of hydrogen-bond donors (Lipinski definition) is 1. The Kier molecular flexibility index (Phi) is 7.77. The Balaban J connectivity index is 1.90. The first-order chi connectivity index (χ1) is 15.3. The van der Waals surface area contributed by atoms with Gasteiger partial charge in [-0.2, -0.15) is 0 Å². The number of ether oxygens (including phenoxy) is 1. The number of nitrogens with one attached hydrogen (secondary N) is 1. The molecule has 1 amide bonds. The molecule has 0 atom stereocenters. The largest absolute Gasteiger partial charge is 0.494 e. The van der Waals surface area contributed by atoms with Crippen LogP contribution in [0.4, 0.5) is 11.4 Å². The van der Waals surface area contributed by atoms with Crippen molar-refractivity contribution in [2.75, 3.05) is 22.8 Å². The van der Waals surface area contributed by atoms with E-state index in [0.29, 0.717) is 28.8 Å². The molecule has 0 aliphatic heterocycles. The standard InChI is InChI=1S/C24H25ClN2O4S/c1-3-18-5-9-20(10-6-18)26-24(28)17-27(21-11-13-22(14-12-21)31-4-2)32(29,30)23-15-7-19(25)8-16-23/h5-16H,3-4,17H2,1-2H3,(H,26,28). The maximum absolute atomic E-state index is 13.4. The van der Waals surface area contributed by atoms with Crippen molar-refractivity contribution in [3.8, 4) is 5.75 Å². The van der Waals surface area contributed by atoms with Gasteiger partial charge in [0.1, 0.15) is 12.3 Å². The molecule has 0 radical (unpaired) electrons. The van der Waals surface area contributed by atoms with E-state index in [0.717, 1.165) is 16.3 Å². The molecule has 0 aliphatic rings. The van der Waals surface area contributed by atoms with Gasteiger partial charge in [-0.1, -0.05) is 30.7 Å². The minimum absolute atomic E-state index is 0.0379. The molecule has 3 aromatic carbocycles. The highest BCUT2D eigenvalue weighted by Gasteiger charge is 2.27. The van der Waals surface area contributed by atoms with Crippen LogP contribution >= 0.6 is 11.6 Å². The third-order valence-electron chi connectivity index (χ3n) is 4.77. The van der Waals surface area contributed by atoms with E-state index in [4.69, 9.17) is 16.3 Å². The van der Waals surface area contributed by atoms with Crippen LogP contribution in [0.15, 0.2) is 77.7 Å². The molecule has 0 spiro atoms. The number of hydrogen-bond acceptors (Lipinski definition) is 4. The van der Waals surface area contributed by atoms with Gasteiger partial charge in [0, 0.05) is 10.7 Å². The van der Waals surface area contributed by atoms with E-state index < -0.39 is 22.5 Å². The average Bonchev–Trinajstić information content (AvgIpc) is 2.79. The third kappa shape index (κ3) is 5.81. The van der Waals surface area contributed by atoms with Gasteiger partial charge in [0.2, 0.25) is 5.91 Å². The van der Waals surface area contributed by atoms with Crippen LogP contribution < -0.4 is 14.4 Å². The normalized spacial score (nSPS) is 11.1. The molecule has 0 fully saturated rings. The van der Waals surface area contributed by atoms with Gasteiger partial charge in [-0.05, 0) is 79.6 Å². The van der Waals surface area contributed by atoms with Crippen molar-refractivity contribution in [3.63, 3.8) is 0 Å². The van der Waals surface area contributed by atoms with Gasteiger partial charge in [-0.15, -0.1) is 0 Å². The first-order valence-electron chi connectivity index (χ1n) is 10.2. The summed E-state index contributed by atoms with van der Waals surface area (Å²) in [4.78, 5) is 12.8. The van der Waals surface area contributed by atoms with Gasteiger partial charge in [-0.25, -0.2) is 8.42 Å². The van der Waals surface area contributed by atoms with E-state index in [1.807, 2.05) is 26.0 Å². The lowest BCUT2D eigenvalue weighted by atomic mass is 10.1. The average molecular weight is 473 g/mol. The fourth-order valence-electron chi connectivity index (χ4n) is 3.08. The second kappa shape index (κ2) is 10.5. The molecule has 0 aliphatic carbocycles. The SMILES string of the molecule is CCOc1ccc(N(CC(=O)Nc2ccc(CC)cc2)S(=O)(=O)c2ccc(Cl)cc2)cc1. The molecule has 168 valence electrons. The summed E-state index contributed by atoms with van der Waals surface area (Å²) in [5.74, 6) is 0.154. The van der Waals surface area contributed by atoms with Crippen LogP contribution in [0.2, 0.25) is 5.02 Å². The second-order valence-corrected chi connectivity index (χ2v) is 9.29. The van der Waals surface area contributed by atoms with Crippen molar-refractivity contribution in [2.45, 2.75) is 25.2 Å². The van der Waals surface area contributed by atoms with Crippen molar-refractivity contribution < 1.29 is 17.9 Å². The van der Waals surface area contributed by atoms with Crippen LogP contribution in [0, 0.1) is 0 Å². The first-order valence-corrected chi connectivity index (χ1v) is 12.0. The Morgan fingerprint density at radius 2 is 1.56 bits per heavy atom. The summed E-state index contributed by atoms with van der Waals surface area (Å²) in [6, 6.07) is 19.8. The Hall–Kier alpha value is -3.03. The number of carbonyl (C=O) groups excluding carboxylic acids is 1. The van der Waals surface area contributed by atoms with E-state index in [1.165, 1.54) is 24.3 Å².